The largest absolute Gasteiger partial charge is 0.393 e. The maximum atomic E-state index is 9.63. The zero-order valence-corrected chi connectivity index (χ0v) is 14.3. The summed E-state index contributed by atoms with van der Waals surface area (Å²) in [7, 11) is 0. The van der Waals surface area contributed by atoms with E-state index in [2.05, 4.69) is 38.7 Å². The second-order valence-corrected chi connectivity index (χ2v) is 6.90. The molecule has 5 rings (SSSR count). The average Bonchev–Trinajstić information content (AvgIpc) is 3.29. The number of hydrogen-bond acceptors (Lipinski definition) is 5. The van der Waals surface area contributed by atoms with Gasteiger partial charge in [0.05, 0.1) is 17.8 Å². The van der Waals surface area contributed by atoms with Crippen LogP contribution in [0.15, 0.2) is 49.2 Å². The number of anilines is 1. The van der Waals surface area contributed by atoms with Crippen LogP contribution in [0.5, 0.6) is 0 Å². The first-order valence-corrected chi connectivity index (χ1v) is 8.98. The van der Waals surface area contributed by atoms with E-state index in [1.54, 1.807) is 6.20 Å². The van der Waals surface area contributed by atoms with Gasteiger partial charge in [-0.2, -0.15) is 0 Å². The Morgan fingerprint density at radius 3 is 2.81 bits per heavy atom. The molecule has 26 heavy (non-hydrogen) atoms. The number of pyridine rings is 1. The lowest BCUT2D eigenvalue weighted by molar-refractivity contribution is 0.126. The molecule has 1 aliphatic carbocycles. The monoisotopic (exact) mass is 348 g/mol. The third kappa shape index (κ3) is 2.70. The molecule has 4 heterocycles. The predicted molar refractivity (Wildman–Crippen MR) is 99.1 cm³/mol. The van der Waals surface area contributed by atoms with E-state index in [0.29, 0.717) is 12.0 Å². The van der Waals surface area contributed by atoms with E-state index in [0.717, 1.165) is 48.0 Å². The van der Waals surface area contributed by atoms with E-state index in [4.69, 9.17) is 0 Å². The zero-order chi connectivity index (χ0) is 17.5. The van der Waals surface area contributed by atoms with Crippen molar-refractivity contribution in [3.63, 3.8) is 0 Å². The number of hydrogen-bond donors (Lipinski definition) is 2. The Kier molecular flexibility index (Phi) is 3.60. The Morgan fingerprint density at radius 2 is 1.92 bits per heavy atom. The minimum atomic E-state index is -0.156. The van der Waals surface area contributed by atoms with Crippen LogP contribution in [0, 0.1) is 0 Å². The van der Waals surface area contributed by atoms with Crippen molar-refractivity contribution >= 4 is 17.1 Å². The molecule has 0 unspecified atom stereocenters. The molecule has 0 atom stereocenters. The summed E-state index contributed by atoms with van der Waals surface area (Å²) < 4.78 is 3.87. The molecule has 1 fully saturated rings. The molecular formula is C19H20N6O. The van der Waals surface area contributed by atoms with Crippen molar-refractivity contribution in [2.24, 2.45) is 0 Å². The SMILES string of the molecule is OC1CCC(Nc2ncc3c(-c4ccc5nccn5c4)ccn3n2)CC1. The maximum Gasteiger partial charge on any atom is 0.241 e. The highest BCUT2D eigenvalue weighted by Gasteiger charge is 2.20. The topological polar surface area (TPSA) is 79.8 Å². The van der Waals surface area contributed by atoms with Crippen LogP contribution >= 0.6 is 0 Å². The minimum absolute atomic E-state index is 0.156. The summed E-state index contributed by atoms with van der Waals surface area (Å²) in [5.74, 6) is 0.631. The molecule has 4 aromatic rings. The van der Waals surface area contributed by atoms with E-state index in [9.17, 15) is 5.11 Å². The lowest BCUT2D eigenvalue weighted by atomic mass is 9.93. The van der Waals surface area contributed by atoms with Crippen LogP contribution in [-0.2, 0) is 0 Å². The lowest BCUT2D eigenvalue weighted by Crippen LogP contribution is -2.29. The molecule has 0 spiro atoms. The van der Waals surface area contributed by atoms with Gasteiger partial charge in [-0.3, -0.25) is 0 Å². The third-order valence-corrected chi connectivity index (χ3v) is 5.15. The highest BCUT2D eigenvalue weighted by atomic mass is 16.3. The van der Waals surface area contributed by atoms with Gasteiger partial charge in [-0.1, -0.05) is 0 Å². The zero-order valence-electron chi connectivity index (χ0n) is 14.3. The standard InChI is InChI=1S/C19H20N6O/c26-15-4-2-14(3-5-15)22-19-21-11-17-16(7-9-25(17)23-19)13-1-6-18-20-8-10-24(18)12-13/h1,6-12,14-15,26H,2-5H2,(H,22,23). The fourth-order valence-electron chi connectivity index (χ4n) is 3.69. The molecule has 7 nitrogen and oxygen atoms in total. The smallest absolute Gasteiger partial charge is 0.241 e. The molecule has 2 N–H and O–H groups in total. The molecule has 132 valence electrons. The van der Waals surface area contributed by atoms with Crippen LogP contribution in [0.1, 0.15) is 25.7 Å². The first kappa shape index (κ1) is 15.3. The fourth-order valence-corrected chi connectivity index (χ4v) is 3.69. The van der Waals surface area contributed by atoms with Gasteiger partial charge in [0.1, 0.15) is 5.65 Å². The second-order valence-electron chi connectivity index (χ2n) is 6.90. The van der Waals surface area contributed by atoms with Gasteiger partial charge in [-0.15, -0.1) is 5.10 Å². The van der Waals surface area contributed by atoms with Gasteiger partial charge in [0.25, 0.3) is 0 Å². The number of nitrogens with zero attached hydrogens (tertiary/aromatic N) is 5. The van der Waals surface area contributed by atoms with E-state index in [-0.39, 0.29) is 6.10 Å². The Bertz CT molecular complexity index is 1060. The molecule has 1 saturated carbocycles. The molecule has 0 aliphatic heterocycles. The van der Waals surface area contributed by atoms with Crippen molar-refractivity contribution in [1.82, 2.24) is 24.0 Å². The van der Waals surface area contributed by atoms with Crippen molar-refractivity contribution in [2.45, 2.75) is 37.8 Å². The van der Waals surface area contributed by atoms with Gasteiger partial charge in [-0.05, 0) is 43.9 Å². The number of rotatable bonds is 3. The Balaban J connectivity index is 1.44. The van der Waals surface area contributed by atoms with Gasteiger partial charge in [0, 0.05) is 42.0 Å². The third-order valence-electron chi connectivity index (χ3n) is 5.15. The van der Waals surface area contributed by atoms with Crippen molar-refractivity contribution in [3.05, 3.63) is 49.2 Å². The number of aliphatic hydroxyl groups excluding tert-OH is 1. The highest BCUT2D eigenvalue weighted by molar-refractivity contribution is 5.80. The van der Waals surface area contributed by atoms with E-state index in [1.807, 2.05) is 33.6 Å². The Labute approximate surface area is 150 Å². The number of fused-ring (bicyclic) bond motifs is 2. The number of imidazole rings is 1. The van der Waals surface area contributed by atoms with Crippen molar-refractivity contribution in [1.29, 1.82) is 0 Å². The van der Waals surface area contributed by atoms with E-state index < -0.39 is 0 Å². The summed E-state index contributed by atoms with van der Waals surface area (Å²) >= 11 is 0. The van der Waals surface area contributed by atoms with Gasteiger partial charge in [-0.25, -0.2) is 14.5 Å². The summed E-state index contributed by atoms with van der Waals surface area (Å²) in [5.41, 5.74) is 4.09. The second kappa shape index (κ2) is 6.10. The average molecular weight is 348 g/mol. The van der Waals surface area contributed by atoms with E-state index in [1.165, 1.54) is 0 Å². The molecule has 0 saturated heterocycles. The van der Waals surface area contributed by atoms with E-state index >= 15 is 0 Å². The minimum Gasteiger partial charge on any atom is -0.393 e. The molecular weight excluding hydrogens is 328 g/mol. The molecule has 7 heteroatoms. The summed E-state index contributed by atoms with van der Waals surface area (Å²) in [5, 5.41) is 17.6. The molecule has 0 bridgehead atoms. The Hall–Kier alpha value is -2.93. The van der Waals surface area contributed by atoms with Gasteiger partial charge >= 0.3 is 0 Å². The molecule has 0 amide bonds. The van der Waals surface area contributed by atoms with Crippen molar-refractivity contribution in [2.75, 3.05) is 5.32 Å². The van der Waals surface area contributed by atoms with Crippen LogP contribution in [0.25, 0.3) is 22.3 Å². The van der Waals surface area contributed by atoms with Crippen LogP contribution in [0.4, 0.5) is 5.95 Å². The van der Waals surface area contributed by atoms with Crippen LogP contribution in [0.3, 0.4) is 0 Å². The van der Waals surface area contributed by atoms with Gasteiger partial charge in [0.15, 0.2) is 0 Å². The summed E-state index contributed by atoms with van der Waals surface area (Å²) in [4.78, 5) is 8.79. The van der Waals surface area contributed by atoms with Crippen LogP contribution in [-0.4, -0.2) is 41.2 Å². The van der Waals surface area contributed by atoms with Crippen molar-refractivity contribution in [3.8, 4) is 11.1 Å². The number of aromatic nitrogens is 5. The van der Waals surface area contributed by atoms with Gasteiger partial charge in [0.2, 0.25) is 5.95 Å². The summed E-state index contributed by atoms with van der Waals surface area (Å²) in [6.45, 7) is 0. The first-order chi connectivity index (χ1) is 12.8. The maximum absolute atomic E-state index is 9.63. The molecule has 1 aliphatic rings. The lowest BCUT2D eigenvalue weighted by Gasteiger charge is -2.26. The summed E-state index contributed by atoms with van der Waals surface area (Å²) in [6, 6.07) is 6.46. The highest BCUT2D eigenvalue weighted by Crippen LogP contribution is 2.26. The van der Waals surface area contributed by atoms with Gasteiger partial charge < -0.3 is 14.8 Å². The quantitative estimate of drug-likeness (QED) is 0.595. The first-order valence-electron chi connectivity index (χ1n) is 8.98. The predicted octanol–water partition coefficient (Wildman–Crippen LogP) is 2.76. The van der Waals surface area contributed by atoms with Crippen LogP contribution < -0.4 is 5.32 Å². The van der Waals surface area contributed by atoms with Crippen LogP contribution in [0.2, 0.25) is 0 Å². The number of aliphatic hydroxyl groups is 1. The molecule has 4 aromatic heterocycles. The Morgan fingerprint density at radius 1 is 1.04 bits per heavy atom. The summed E-state index contributed by atoms with van der Waals surface area (Å²) in [6.07, 6.45) is 13.0. The molecule has 0 radical (unpaired) electrons. The van der Waals surface area contributed by atoms with Crippen molar-refractivity contribution < 1.29 is 5.11 Å². The normalized spacial score (nSPS) is 20.7. The number of nitrogens with one attached hydrogen (secondary N) is 1. The fraction of sp³-hybridized carbons (Fsp3) is 0.316. The molecule has 0 aromatic carbocycles.